The van der Waals surface area contributed by atoms with Gasteiger partial charge in [-0.15, -0.1) is 11.3 Å². The van der Waals surface area contributed by atoms with Gasteiger partial charge < -0.3 is 15.4 Å². The van der Waals surface area contributed by atoms with Crippen molar-refractivity contribution in [3.05, 3.63) is 16.6 Å². The maximum absolute atomic E-state index is 12.5. The maximum atomic E-state index is 12.5. The average molecular weight is 338 g/mol. The molecule has 0 aromatic carbocycles. The Labute approximate surface area is 139 Å². The highest BCUT2D eigenvalue weighted by Gasteiger charge is 2.30. The predicted octanol–water partition coefficient (Wildman–Crippen LogP) is 0.240. The lowest BCUT2D eigenvalue weighted by Crippen LogP contribution is -2.49. The van der Waals surface area contributed by atoms with Crippen LogP contribution in [0, 0.1) is 5.92 Å². The highest BCUT2D eigenvalue weighted by atomic mass is 32.1. The molecule has 126 valence electrons. The van der Waals surface area contributed by atoms with Crippen molar-refractivity contribution in [3.63, 3.8) is 0 Å². The van der Waals surface area contributed by atoms with E-state index >= 15 is 0 Å². The van der Waals surface area contributed by atoms with Crippen LogP contribution in [0.25, 0.3) is 0 Å². The number of piperidine rings is 1. The number of primary amides is 1. The van der Waals surface area contributed by atoms with Gasteiger partial charge in [-0.3, -0.25) is 14.5 Å². The third kappa shape index (κ3) is 4.07. The van der Waals surface area contributed by atoms with Crippen LogP contribution in [-0.2, 0) is 14.3 Å². The highest BCUT2D eigenvalue weighted by Crippen LogP contribution is 2.24. The number of hydrogen-bond acceptors (Lipinski definition) is 6. The molecule has 3 rings (SSSR count). The molecular weight excluding hydrogens is 316 g/mol. The lowest BCUT2D eigenvalue weighted by molar-refractivity contribution is -0.137. The van der Waals surface area contributed by atoms with E-state index in [9.17, 15) is 9.59 Å². The summed E-state index contributed by atoms with van der Waals surface area (Å²) < 4.78 is 5.75. The minimum absolute atomic E-state index is 0.0590. The number of thiazole rings is 1. The lowest BCUT2D eigenvalue weighted by atomic mass is 9.97. The van der Waals surface area contributed by atoms with E-state index in [1.54, 1.807) is 22.4 Å². The number of ether oxygens (including phenoxy) is 1. The molecule has 0 aliphatic carbocycles. The SMILES string of the molecule is NC(=O)[C@@H]1CCCN(C(=O)CN2CCO[C@H](c3nccs3)C2)C1. The molecule has 7 nitrogen and oxygen atoms in total. The summed E-state index contributed by atoms with van der Waals surface area (Å²) in [5.74, 6) is -0.450. The molecular formula is C15H22N4O3S. The smallest absolute Gasteiger partial charge is 0.236 e. The molecule has 2 amide bonds. The standard InChI is InChI=1S/C15H22N4O3S/c16-14(21)11-2-1-4-19(8-11)13(20)10-18-5-6-22-12(9-18)15-17-3-7-23-15/h3,7,11-12H,1-2,4-6,8-10H2,(H2,16,21)/t11-,12+/m1/s1. The zero-order valence-electron chi connectivity index (χ0n) is 13.0. The molecule has 2 aliphatic rings. The second-order valence-corrected chi connectivity index (χ2v) is 6.97. The zero-order valence-corrected chi connectivity index (χ0v) is 13.8. The Morgan fingerprint density at radius 2 is 2.26 bits per heavy atom. The number of aromatic nitrogens is 1. The molecule has 3 heterocycles. The predicted molar refractivity (Wildman–Crippen MR) is 85.7 cm³/mol. The van der Waals surface area contributed by atoms with E-state index in [2.05, 4.69) is 9.88 Å². The molecule has 0 bridgehead atoms. The molecule has 0 spiro atoms. The van der Waals surface area contributed by atoms with Crippen molar-refractivity contribution < 1.29 is 14.3 Å². The topological polar surface area (TPSA) is 88.8 Å². The van der Waals surface area contributed by atoms with Crippen molar-refractivity contribution in [2.75, 3.05) is 39.3 Å². The van der Waals surface area contributed by atoms with Gasteiger partial charge >= 0.3 is 0 Å². The average Bonchev–Trinajstić information content (AvgIpc) is 3.10. The minimum atomic E-state index is -0.308. The Morgan fingerprint density at radius 3 is 3.00 bits per heavy atom. The number of nitrogens with zero attached hydrogens (tertiary/aromatic N) is 3. The molecule has 0 unspecified atom stereocenters. The van der Waals surface area contributed by atoms with Crippen LogP contribution in [0.5, 0.6) is 0 Å². The van der Waals surface area contributed by atoms with Gasteiger partial charge in [-0.25, -0.2) is 4.98 Å². The largest absolute Gasteiger partial charge is 0.369 e. The van der Waals surface area contributed by atoms with Crippen LogP contribution in [-0.4, -0.2) is 65.9 Å². The molecule has 2 saturated heterocycles. The summed E-state index contributed by atoms with van der Waals surface area (Å²) in [7, 11) is 0. The second kappa shape index (κ2) is 7.37. The van der Waals surface area contributed by atoms with E-state index in [1.807, 2.05) is 5.38 Å². The van der Waals surface area contributed by atoms with E-state index in [-0.39, 0.29) is 23.8 Å². The Morgan fingerprint density at radius 1 is 1.39 bits per heavy atom. The first kappa shape index (κ1) is 16.4. The van der Waals surface area contributed by atoms with Gasteiger partial charge in [0.2, 0.25) is 11.8 Å². The summed E-state index contributed by atoms with van der Waals surface area (Å²) in [6, 6.07) is 0. The number of carbonyl (C=O) groups is 2. The van der Waals surface area contributed by atoms with E-state index < -0.39 is 0 Å². The molecule has 2 fully saturated rings. The normalized spacial score (nSPS) is 26.2. The van der Waals surface area contributed by atoms with Crippen molar-refractivity contribution in [1.29, 1.82) is 0 Å². The second-order valence-electron chi connectivity index (χ2n) is 6.05. The molecule has 2 atom stereocenters. The molecule has 8 heteroatoms. The van der Waals surface area contributed by atoms with E-state index in [0.717, 1.165) is 24.4 Å². The van der Waals surface area contributed by atoms with E-state index in [0.29, 0.717) is 32.8 Å². The fourth-order valence-corrected chi connectivity index (χ4v) is 3.79. The van der Waals surface area contributed by atoms with Crippen LogP contribution in [0.4, 0.5) is 0 Å². The lowest BCUT2D eigenvalue weighted by Gasteiger charge is -2.35. The van der Waals surface area contributed by atoms with Gasteiger partial charge in [0.05, 0.1) is 19.1 Å². The van der Waals surface area contributed by atoms with E-state index in [4.69, 9.17) is 10.5 Å². The van der Waals surface area contributed by atoms with Crippen molar-refractivity contribution in [2.24, 2.45) is 11.7 Å². The van der Waals surface area contributed by atoms with Gasteiger partial charge in [-0.1, -0.05) is 0 Å². The summed E-state index contributed by atoms with van der Waals surface area (Å²) in [4.78, 5) is 32.0. The van der Waals surface area contributed by atoms with Gasteiger partial charge in [0.15, 0.2) is 0 Å². The zero-order chi connectivity index (χ0) is 16.2. The molecule has 1 aromatic rings. The van der Waals surface area contributed by atoms with Gasteiger partial charge in [0.1, 0.15) is 11.1 Å². The van der Waals surface area contributed by atoms with Crippen molar-refractivity contribution in [1.82, 2.24) is 14.8 Å². The van der Waals surface area contributed by atoms with Gasteiger partial charge in [0, 0.05) is 37.8 Å². The quantitative estimate of drug-likeness (QED) is 0.849. The van der Waals surface area contributed by atoms with E-state index in [1.165, 1.54) is 0 Å². The minimum Gasteiger partial charge on any atom is -0.369 e. The van der Waals surface area contributed by atoms with Crippen LogP contribution in [0.2, 0.25) is 0 Å². The van der Waals surface area contributed by atoms with Crippen LogP contribution < -0.4 is 5.73 Å². The monoisotopic (exact) mass is 338 g/mol. The summed E-state index contributed by atoms with van der Waals surface area (Å²) in [5, 5.41) is 2.88. The molecule has 0 saturated carbocycles. The molecule has 23 heavy (non-hydrogen) atoms. The molecule has 1 aromatic heterocycles. The Kier molecular flexibility index (Phi) is 5.24. The number of amides is 2. The first-order chi connectivity index (χ1) is 11.1. The summed E-state index contributed by atoms with van der Waals surface area (Å²) >= 11 is 1.57. The van der Waals surface area contributed by atoms with Gasteiger partial charge in [-0.2, -0.15) is 0 Å². The van der Waals surface area contributed by atoms with Crippen LogP contribution in [0.15, 0.2) is 11.6 Å². The third-order valence-corrected chi connectivity index (χ3v) is 5.28. The number of rotatable bonds is 4. The first-order valence-corrected chi connectivity index (χ1v) is 8.82. The number of hydrogen-bond donors (Lipinski definition) is 1. The van der Waals surface area contributed by atoms with Crippen molar-refractivity contribution >= 4 is 23.2 Å². The van der Waals surface area contributed by atoms with Gasteiger partial charge in [-0.05, 0) is 12.8 Å². The summed E-state index contributed by atoms with van der Waals surface area (Å²) in [6.45, 7) is 3.53. The summed E-state index contributed by atoms with van der Waals surface area (Å²) in [6.07, 6.45) is 3.33. The molecule has 2 N–H and O–H groups in total. The molecule has 2 aliphatic heterocycles. The van der Waals surface area contributed by atoms with Crippen LogP contribution in [0.1, 0.15) is 24.0 Å². The fourth-order valence-electron chi connectivity index (χ4n) is 3.12. The number of likely N-dealkylation sites (tertiary alicyclic amines) is 1. The van der Waals surface area contributed by atoms with Gasteiger partial charge in [0.25, 0.3) is 0 Å². The summed E-state index contributed by atoms with van der Waals surface area (Å²) in [5.41, 5.74) is 5.38. The van der Waals surface area contributed by atoms with Crippen molar-refractivity contribution in [3.8, 4) is 0 Å². The Balaban J connectivity index is 1.54. The highest BCUT2D eigenvalue weighted by molar-refractivity contribution is 7.09. The Bertz CT molecular complexity index is 551. The van der Waals surface area contributed by atoms with Crippen LogP contribution >= 0.6 is 11.3 Å². The number of nitrogens with two attached hydrogens (primary N) is 1. The Hall–Kier alpha value is -1.51. The molecule has 0 radical (unpaired) electrons. The van der Waals surface area contributed by atoms with Crippen LogP contribution in [0.3, 0.4) is 0 Å². The number of carbonyl (C=O) groups excluding carboxylic acids is 2. The maximum Gasteiger partial charge on any atom is 0.236 e. The van der Waals surface area contributed by atoms with Crippen molar-refractivity contribution in [2.45, 2.75) is 18.9 Å². The number of morpholine rings is 1. The fraction of sp³-hybridized carbons (Fsp3) is 0.667. The first-order valence-electron chi connectivity index (χ1n) is 7.94. The third-order valence-electron chi connectivity index (χ3n) is 4.41.